The van der Waals surface area contributed by atoms with Gasteiger partial charge in [-0.1, -0.05) is 0 Å². The van der Waals surface area contributed by atoms with Crippen LogP contribution in [0.1, 0.15) is 12.8 Å². The number of ether oxygens (including phenoxy) is 1. The molecule has 0 amide bonds. The van der Waals surface area contributed by atoms with E-state index in [1.54, 1.807) is 7.11 Å². The minimum absolute atomic E-state index is 0.558. The fraction of sp³-hybridized carbons (Fsp3) is 0.636. The first kappa shape index (κ1) is 11.1. The Balaban J connectivity index is 2.04. The third-order valence-electron chi connectivity index (χ3n) is 3.05. The number of nitrogens with one attached hydrogen (secondary N) is 1. The molecule has 5 nitrogen and oxygen atoms in total. The van der Waals surface area contributed by atoms with Crippen LogP contribution in [0.5, 0.6) is 5.88 Å². The maximum Gasteiger partial charge on any atom is 0.233 e. The Morgan fingerprint density at radius 1 is 1.31 bits per heavy atom. The van der Waals surface area contributed by atoms with E-state index in [-0.39, 0.29) is 0 Å². The quantitative estimate of drug-likeness (QED) is 0.814. The SMILES string of the molecule is COc1ccc(N(C)C2CCNCC2)nn1. The number of rotatable bonds is 3. The maximum absolute atomic E-state index is 4.99. The van der Waals surface area contributed by atoms with E-state index in [0.29, 0.717) is 11.9 Å². The largest absolute Gasteiger partial charge is 0.480 e. The highest BCUT2D eigenvalue weighted by atomic mass is 16.5. The number of nitrogens with zero attached hydrogens (tertiary/aromatic N) is 3. The molecule has 1 N–H and O–H groups in total. The summed E-state index contributed by atoms with van der Waals surface area (Å²) in [4.78, 5) is 2.20. The highest BCUT2D eigenvalue weighted by Gasteiger charge is 2.18. The summed E-state index contributed by atoms with van der Waals surface area (Å²) in [5.41, 5.74) is 0. The molecule has 16 heavy (non-hydrogen) atoms. The molecule has 0 bridgehead atoms. The Morgan fingerprint density at radius 2 is 2.06 bits per heavy atom. The molecule has 0 unspecified atom stereocenters. The van der Waals surface area contributed by atoms with Crippen molar-refractivity contribution in [2.24, 2.45) is 0 Å². The van der Waals surface area contributed by atoms with Crippen molar-refractivity contribution in [2.75, 3.05) is 32.1 Å². The third kappa shape index (κ3) is 2.41. The fourth-order valence-corrected chi connectivity index (χ4v) is 1.99. The zero-order chi connectivity index (χ0) is 11.4. The lowest BCUT2D eigenvalue weighted by Gasteiger charge is -2.32. The highest BCUT2D eigenvalue weighted by Crippen LogP contribution is 2.18. The molecule has 0 saturated carbocycles. The number of anilines is 1. The van der Waals surface area contributed by atoms with E-state index in [9.17, 15) is 0 Å². The van der Waals surface area contributed by atoms with Crippen molar-refractivity contribution in [1.29, 1.82) is 0 Å². The number of aromatic nitrogens is 2. The Kier molecular flexibility index (Phi) is 3.56. The molecule has 0 spiro atoms. The molecule has 88 valence electrons. The summed E-state index contributed by atoms with van der Waals surface area (Å²) < 4.78 is 4.99. The molecule has 0 radical (unpaired) electrons. The first-order valence-corrected chi connectivity index (χ1v) is 5.62. The third-order valence-corrected chi connectivity index (χ3v) is 3.05. The van der Waals surface area contributed by atoms with Gasteiger partial charge in [-0.05, 0) is 32.0 Å². The van der Waals surface area contributed by atoms with E-state index in [0.717, 1.165) is 31.7 Å². The molecule has 1 aliphatic heterocycles. The zero-order valence-corrected chi connectivity index (χ0v) is 9.81. The van der Waals surface area contributed by atoms with Gasteiger partial charge in [0.15, 0.2) is 5.82 Å². The Labute approximate surface area is 95.8 Å². The topological polar surface area (TPSA) is 50.3 Å². The van der Waals surface area contributed by atoms with Crippen LogP contribution in [0.3, 0.4) is 0 Å². The van der Waals surface area contributed by atoms with E-state index in [2.05, 4.69) is 27.5 Å². The van der Waals surface area contributed by atoms with Crippen molar-refractivity contribution in [3.05, 3.63) is 12.1 Å². The predicted molar refractivity (Wildman–Crippen MR) is 62.9 cm³/mol. The van der Waals surface area contributed by atoms with Crippen molar-refractivity contribution >= 4 is 5.82 Å². The molecule has 1 aliphatic rings. The standard InChI is InChI=1S/C11H18N4O/c1-15(9-5-7-12-8-6-9)10-3-4-11(16-2)14-13-10/h3-4,9,12H,5-8H2,1-2H3. The first-order valence-electron chi connectivity index (χ1n) is 5.62. The Bertz CT molecular complexity index is 321. The molecule has 2 heterocycles. The van der Waals surface area contributed by atoms with Crippen molar-refractivity contribution in [1.82, 2.24) is 15.5 Å². The molecule has 1 saturated heterocycles. The summed E-state index contributed by atoms with van der Waals surface area (Å²) in [6.45, 7) is 2.16. The van der Waals surface area contributed by atoms with E-state index < -0.39 is 0 Å². The van der Waals surface area contributed by atoms with Crippen LogP contribution in [0.2, 0.25) is 0 Å². The summed E-state index contributed by atoms with van der Waals surface area (Å²) >= 11 is 0. The smallest absolute Gasteiger partial charge is 0.233 e. The van der Waals surface area contributed by atoms with Gasteiger partial charge < -0.3 is 15.0 Å². The highest BCUT2D eigenvalue weighted by molar-refractivity contribution is 5.38. The maximum atomic E-state index is 4.99. The molecule has 0 aliphatic carbocycles. The minimum Gasteiger partial charge on any atom is -0.480 e. The average molecular weight is 222 g/mol. The van der Waals surface area contributed by atoms with Crippen molar-refractivity contribution < 1.29 is 4.74 Å². The van der Waals surface area contributed by atoms with Crippen molar-refractivity contribution in [3.63, 3.8) is 0 Å². The van der Waals surface area contributed by atoms with Gasteiger partial charge in [-0.15, -0.1) is 10.2 Å². The fourth-order valence-electron chi connectivity index (χ4n) is 1.99. The minimum atomic E-state index is 0.558. The second-order valence-corrected chi connectivity index (χ2v) is 4.03. The molecule has 0 atom stereocenters. The lowest BCUT2D eigenvalue weighted by molar-refractivity contribution is 0.391. The van der Waals surface area contributed by atoms with E-state index >= 15 is 0 Å². The number of piperidine rings is 1. The average Bonchev–Trinajstić information content (AvgIpc) is 2.39. The first-order chi connectivity index (χ1) is 7.81. The normalized spacial score (nSPS) is 17.1. The zero-order valence-electron chi connectivity index (χ0n) is 9.81. The van der Waals surface area contributed by atoms with E-state index in [4.69, 9.17) is 4.74 Å². The summed E-state index contributed by atoms with van der Waals surface area (Å²) in [5.74, 6) is 1.47. The van der Waals surface area contributed by atoms with Crippen LogP contribution < -0.4 is 15.0 Å². The van der Waals surface area contributed by atoms with Gasteiger partial charge in [0, 0.05) is 19.2 Å². The van der Waals surface area contributed by atoms with Crippen LogP contribution in [-0.2, 0) is 0 Å². The second-order valence-electron chi connectivity index (χ2n) is 4.03. The summed E-state index contributed by atoms with van der Waals surface area (Å²) in [6, 6.07) is 4.36. The van der Waals surface area contributed by atoms with Gasteiger partial charge in [-0.2, -0.15) is 0 Å². The van der Waals surface area contributed by atoms with Gasteiger partial charge in [-0.3, -0.25) is 0 Å². The summed E-state index contributed by atoms with van der Waals surface area (Å²) in [5, 5.41) is 11.5. The number of hydrogen-bond acceptors (Lipinski definition) is 5. The van der Waals surface area contributed by atoms with Gasteiger partial charge in [0.05, 0.1) is 7.11 Å². The summed E-state index contributed by atoms with van der Waals surface area (Å²) in [6.07, 6.45) is 2.31. The molecular formula is C11H18N4O. The molecule has 2 rings (SSSR count). The molecule has 5 heteroatoms. The Hall–Kier alpha value is -1.36. The van der Waals surface area contributed by atoms with Crippen LogP contribution in [0.15, 0.2) is 12.1 Å². The monoisotopic (exact) mass is 222 g/mol. The second kappa shape index (κ2) is 5.12. The molecule has 1 aromatic rings. The number of methoxy groups -OCH3 is 1. The van der Waals surface area contributed by atoms with Crippen LogP contribution >= 0.6 is 0 Å². The van der Waals surface area contributed by atoms with Gasteiger partial charge in [0.25, 0.3) is 0 Å². The van der Waals surface area contributed by atoms with Crippen LogP contribution in [0.25, 0.3) is 0 Å². The lowest BCUT2D eigenvalue weighted by atomic mass is 10.1. The van der Waals surface area contributed by atoms with Crippen LogP contribution in [0.4, 0.5) is 5.82 Å². The van der Waals surface area contributed by atoms with Crippen LogP contribution in [-0.4, -0.2) is 43.5 Å². The van der Waals surface area contributed by atoms with Gasteiger partial charge in [-0.25, -0.2) is 0 Å². The number of hydrogen-bond donors (Lipinski definition) is 1. The van der Waals surface area contributed by atoms with Gasteiger partial charge in [0.1, 0.15) is 0 Å². The van der Waals surface area contributed by atoms with Gasteiger partial charge >= 0.3 is 0 Å². The molecular weight excluding hydrogens is 204 g/mol. The Morgan fingerprint density at radius 3 is 2.62 bits per heavy atom. The lowest BCUT2D eigenvalue weighted by Crippen LogP contribution is -2.41. The van der Waals surface area contributed by atoms with E-state index in [1.165, 1.54) is 0 Å². The summed E-state index contributed by atoms with van der Waals surface area (Å²) in [7, 11) is 3.67. The van der Waals surface area contributed by atoms with Gasteiger partial charge in [0.2, 0.25) is 5.88 Å². The predicted octanol–water partition coefficient (Wildman–Crippen LogP) is 0.673. The van der Waals surface area contributed by atoms with Crippen molar-refractivity contribution in [3.8, 4) is 5.88 Å². The molecule has 0 aromatic carbocycles. The van der Waals surface area contributed by atoms with E-state index in [1.807, 2.05) is 12.1 Å². The molecule has 1 fully saturated rings. The van der Waals surface area contributed by atoms with Crippen LogP contribution in [0, 0.1) is 0 Å². The molecule has 1 aromatic heterocycles. The van der Waals surface area contributed by atoms with Crippen molar-refractivity contribution in [2.45, 2.75) is 18.9 Å².